The maximum Gasteiger partial charge on any atom is 0.257 e. The number of carbonyl (C=O) groups excluding carboxylic acids is 1. The molecule has 0 radical (unpaired) electrons. The lowest BCUT2D eigenvalue weighted by atomic mass is 10.0. The van der Waals surface area contributed by atoms with Crippen LogP contribution in [0.1, 0.15) is 28.8 Å². The molecule has 0 saturated carbocycles. The molecule has 0 aromatic heterocycles. The molecule has 7 heteroatoms. The molecule has 0 atom stereocenters. The van der Waals surface area contributed by atoms with Gasteiger partial charge in [-0.2, -0.15) is 0 Å². The zero-order valence-electron chi connectivity index (χ0n) is 19.7. The van der Waals surface area contributed by atoms with Crippen molar-refractivity contribution in [2.75, 3.05) is 26.3 Å². The van der Waals surface area contributed by atoms with Crippen LogP contribution in [0.5, 0.6) is 11.5 Å². The van der Waals surface area contributed by atoms with Crippen molar-refractivity contribution in [1.82, 2.24) is 15.5 Å². The fraction of sp³-hybridized carbons (Fsp3) is 0.286. The quantitative estimate of drug-likeness (QED) is 0.343. The first-order valence-corrected chi connectivity index (χ1v) is 12.4. The fourth-order valence-electron chi connectivity index (χ4n) is 4.01. The van der Waals surface area contributed by atoms with E-state index < -0.39 is 0 Å². The number of nitrogens with zero attached hydrogens (tertiary/aromatic N) is 1. The minimum atomic E-state index is -0.233. The van der Waals surface area contributed by atoms with Gasteiger partial charge in [-0.05, 0) is 67.0 Å². The lowest BCUT2D eigenvalue weighted by molar-refractivity contribution is 0.0976. The highest BCUT2D eigenvalue weighted by Crippen LogP contribution is 2.15. The molecule has 1 heterocycles. The summed E-state index contributed by atoms with van der Waals surface area (Å²) in [6.07, 6.45) is 1.98. The monoisotopic (exact) mass is 489 g/mol. The van der Waals surface area contributed by atoms with Crippen molar-refractivity contribution in [3.05, 3.63) is 96.1 Å². The van der Waals surface area contributed by atoms with Gasteiger partial charge >= 0.3 is 0 Å². The van der Waals surface area contributed by atoms with E-state index in [1.165, 1.54) is 5.56 Å². The summed E-state index contributed by atoms with van der Waals surface area (Å²) in [6.45, 7) is 3.83. The van der Waals surface area contributed by atoms with Crippen molar-refractivity contribution in [2.45, 2.75) is 25.4 Å². The van der Waals surface area contributed by atoms with E-state index in [0.717, 1.165) is 38.2 Å². The van der Waals surface area contributed by atoms with Gasteiger partial charge in [0.2, 0.25) is 0 Å². The van der Waals surface area contributed by atoms with Crippen molar-refractivity contribution < 1.29 is 14.3 Å². The van der Waals surface area contributed by atoms with Crippen LogP contribution in [0.2, 0.25) is 0 Å². The topological polar surface area (TPSA) is 62.8 Å². The number of rotatable bonds is 9. The third-order valence-electron chi connectivity index (χ3n) is 5.88. The number of amides is 1. The van der Waals surface area contributed by atoms with Gasteiger partial charge in [-0.25, -0.2) is 0 Å². The Balaban J connectivity index is 1.14. The molecule has 6 nitrogen and oxygen atoms in total. The van der Waals surface area contributed by atoms with Crippen LogP contribution < -0.4 is 20.1 Å². The van der Waals surface area contributed by atoms with E-state index in [0.29, 0.717) is 29.6 Å². The Bertz CT molecular complexity index is 1070. The van der Waals surface area contributed by atoms with Gasteiger partial charge in [-0.15, -0.1) is 0 Å². The average Bonchev–Trinajstić information content (AvgIpc) is 2.89. The summed E-state index contributed by atoms with van der Waals surface area (Å²) in [7, 11) is 0. The molecule has 1 aliphatic rings. The van der Waals surface area contributed by atoms with Gasteiger partial charge in [0.25, 0.3) is 5.91 Å². The molecule has 3 aromatic carbocycles. The number of ether oxygens (including phenoxy) is 2. The third-order valence-corrected chi connectivity index (χ3v) is 6.10. The van der Waals surface area contributed by atoms with E-state index >= 15 is 0 Å². The van der Waals surface area contributed by atoms with E-state index in [-0.39, 0.29) is 11.9 Å². The summed E-state index contributed by atoms with van der Waals surface area (Å²) in [6, 6.07) is 27.4. The Morgan fingerprint density at radius 2 is 1.40 bits per heavy atom. The number of hydrogen-bond acceptors (Lipinski definition) is 5. The van der Waals surface area contributed by atoms with Crippen molar-refractivity contribution in [3.63, 3.8) is 0 Å². The Hall–Kier alpha value is -3.42. The third kappa shape index (κ3) is 8.09. The minimum absolute atomic E-state index is 0.233. The van der Waals surface area contributed by atoms with Crippen LogP contribution in [-0.2, 0) is 6.54 Å². The molecule has 2 N–H and O–H groups in total. The predicted octanol–water partition coefficient (Wildman–Crippen LogP) is 4.41. The highest BCUT2D eigenvalue weighted by Gasteiger charge is 2.20. The van der Waals surface area contributed by atoms with Crippen molar-refractivity contribution >= 4 is 23.2 Å². The largest absolute Gasteiger partial charge is 0.490 e. The fourth-order valence-corrected chi connectivity index (χ4v) is 4.27. The lowest BCUT2D eigenvalue weighted by Crippen LogP contribution is -2.48. The van der Waals surface area contributed by atoms with Gasteiger partial charge in [-0.1, -0.05) is 48.5 Å². The Morgan fingerprint density at radius 1 is 0.829 bits per heavy atom. The summed E-state index contributed by atoms with van der Waals surface area (Å²) >= 11 is 5.39. The molecule has 182 valence electrons. The van der Waals surface area contributed by atoms with Crippen LogP contribution in [0.4, 0.5) is 0 Å². The van der Waals surface area contributed by atoms with E-state index in [9.17, 15) is 4.79 Å². The lowest BCUT2D eigenvalue weighted by Gasteiger charge is -2.32. The number of hydrogen-bond donors (Lipinski definition) is 2. The second kappa shape index (κ2) is 12.9. The number of benzene rings is 3. The maximum atomic E-state index is 12.6. The number of para-hydroxylation sites is 1. The minimum Gasteiger partial charge on any atom is -0.490 e. The first kappa shape index (κ1) is 24.7. The number of thiocarbonyl (C=S) groups is 1. The molecule has 0 bridgehead atoms. The molecule has 1 saturated heterocycles. The molecule has 1 fully saturated rings. The molecule has 0 unspecified atom stereocenters. The van der Waals surface area contributed by atoms with Crippen LogP contribution >= 0.6 is 12.2 Å². The number of likely N-dealkylation sites (tertiary alicyclic amines) is 1. The molecule has 0 aliphatic carbocycles. The van der Waals surface area contributed by atoms with Crippen molar-refractivity contribution in [1.29, 1.82) is 0 Å². The summed E-state index contributed by atoms with van der Waals surface area (Å²) in [5, 5.41) is 6.46. The van der Waals surface area contributed by atoms with Crippen LogP contribution in [0.3, 0.4) is 0 Å². The predicted molar refractivity (Wildman–Crippen MR) is 142 cm³/mol. The van der Waals surface area contributed by atoms with Crippen LogP contribution in [0.25, 0.3) is 0 Å². The zero-order valence-corrected chi connectivity index (χ0v) is 20.5. The smallest absolute Gasteiger partial charge is 0.257 e. The standard InChI is InChI=1S/C28H31N3O3S/c32-27(23-11-13-26(14-12-23)34-20-19-33-25-9-5-2-6-10-25)30-28(35)29-24-15-17-31(18-16-24)21-22-7-3-1-4-8-22/h1-14,24H,15-21H2,(H2,29,30,32,35). The van der Waals surface area contributed by atoms with E-state index in [1.807, 2.05) is 36.4 Å². The normalized spacial score (nSPS) is 14.2. The summed E-state index contributed by atoms with van der Waals surface area (Å²) in [5.41, 5.74) is 1.86. The van der Waals surface area contributed by atoms with Crippen LogP contribution in [0, 0.1) is 0 Å². The van der Waals surface area contributed by atoms with Crippen LogP contribution in [0.15, 0.2) is 84.9 Å². The maximum absolute atomic E-state index is 12.6. The average molecular weight is 490 g/mol. The van der Waals surface area contributed by atoms with Gasteiger partial charge in [0.1, 0.15) is 24.7 Å². The summed E-state index contributed by atoms with van der Waals surface area (Å²) in [4.78, 5) is 15.0. The molecule has 4 rings (SSSR count). The molecule has 3 aromatic rings. The first-order chi connectivity index (χ1) is 17.2. The summed E-state index contributed by atoms with van der Waals surface area (Å²) < 4.78 is 11.3. The van der Waals surface area contributed by atoms with Gasteiger partial charge < -0.3 is 14.8 Å². The van der Waals surface area contributed by atoms with Crippen LogP contribution in [-0.4, -0.2) is 48.3 Å². The van der Waals surface area contributed by atoms with Crippen molar-refractivity contribution in [3.8, 4) is 11.5 Å². The second-order valence-electron chi connectivity index (χ2n) is 8.50. The second-order valence-corrected chi connectivity index (χ2v) is 8.91. The first-order valence-electron chi connectivity index (χ1n) is 11.9. The Morgan fingerprint density at radius 3 is 2.03 bits per heavy atom. The van der Waals surface area contributed by atoms with E-state index in [2.05, 4.69) is 39.8 Å². The highest BCUT2D eigenvalue weighted by atomic mass is 32.1. The molecular formula is C28H31N3O3S. The van der Waals surface area contributed by atoms with E-state index in [4.69, 9.17) is 21.7 Å². The Kier molecular flexibility index (Phi) is 9.09. The van der Waals surface area contributed by atoms with Gasteiger partial charge in [0, 0.05) is 31.2 Å². The van der Waals surface area contributed by atoms with E-state index in [1.54, 1.807) is 24.3 Å². The SMILES string of the molecule is O=C(NC(=S)NC1CCN(Cc2ccccc2)CC1)c1ccc(OCCOc2ccccc2)cc1. The number of nitrogens with one attached hydrogen (secondary N) is 2. The number of piperidine rings is 1. The van der Waals surface area contributed by atoms with Gasteiger partial charge in [-0.3, -0.25) is 15.0 Å². The Labute approximate surface area is 212 Å². The zero-order chi connectivity index (χ0) is 24.3. The molecular weight excluding hydrogens is 458 g/mol. The highest BCUT2D eigenvalue weighted by molar-refractivity contribution is 7.80. The molecule has 0 spiro atoms. The molecule has 35 heavy (non-hydrogen) atoms. The number of carbonyl (C=O) groups is 1. The van der Waals surface area contributed by atoms with Gasteiger partial charge in [0.05, 0.1) is 0 Å². The molecule has 1 amide bonds. The molecule has 1 aliphatic heterocycles. The van der Waals surface area contributed by atoms with Crippen molar-refractivity contribution in [2.24, 2.45) is 0 Å². The summed E-state index contributed by atoms with van der Waals surface area (Å²) in [5.74, 6) is 1.26. The van der Waals surface area contributed by atoms with Gasteiger partial charge in [0.15, 0.2) is 5.11 Å².